The Kier molecular flexibility index (Phi) is 7.79. The Balaban J connectivity index is 1.46. The number of carbonyl (C=O) groups excluding carboxylic acids is 2. The third-order valence-electron chi connectivity index (χ3n) is 5.82. The maximum Gasteiger partial charge on any atom is 0.293 e. The Labute approximate surface area is 210 Å². The quantitative estimate of drug-likeness (QED) is 0.329. The third kappa shape index (κ3) is 5.67. The highest BCUT2D eigenvalue weighted by Crippen LogP contribution is 2.39. The number of hydrogen-bond donors (Lipinski definition) is 0. The van der Waals surface area contributed by atoms with Gasteiger partial charge in [0.05, 0.1) is 13.9 Å². The van der Waals surface area contributed by atoms with E-state index in [0.717, 1.165) is 44.7 Å². The number of thioether (sulfide) groups is 1. The molecule has 0 radical (unpaired) electrons. The molecule has 7 heteroatoms. The smallest absolute Gasteiger partial charge is 0.293 e. The van der Waals surface area contributed by atoms with Crippen LogP contribution in [0.5, 0.6) is 5.75 Å². The number of rotatable bonds is 6. The molecule has 2 aromatic carbocycles. The fraction of sp³-hybridized carbons (Fsp3) is 0.360. The monoisotopic (exact) mass is 577 g/mol. The molecule has 0 spiro atoms. The zero-order valence-electron chi connectivity index (χ0n) is 17.9. The Hall–Kier alpha value is -1.57. The van der Waals surface area contributed by atoms with Crippen molar-refractivity contribution in [1.29, 1.82) is 0 Å². The van der Waals surface area contributed by atoms with Gasteiger partial charge in [0.1, 0.15) is 12.4 Å². The predicted octanol–water partition coefficient (Wildman–Crippen LogP) is 7.72. The van der Waals surface area contributed by atoms with E-state index in [-0.39, 0.29) is 11.1 Å². The van der Waals surface area contributed by atoms with Crippen molar-refractivity contribution in [1.82, 2.24) is 4.90 Å². The minimum Gasteiger partial charge on any atom is -0.487 e. The van der Waals surface area contributed by atoms with E-state index >= 15 is 0 Å². The SMILES string of the molecule is Cc1cccc(COc2c(Br)cc(/C=C3/SC(=O)N(CC4CCCCC4)C3=O)cc2Br)c1. The summed E-state index contributed by atoms with van der Waals surface area (Å²) in [5, 5.41) is -0.164. The van der Waals surface area contributed by atoms with Gasteiger partial charge in [0.2, 0.25) is 0 Å². The van der Waals surface area contributed by atoms with Crippen LogP contribution in [0.1, 0.15) is 48.8 Å². The van der Waals surface area contributed by atoms with Gasteiger partial charge in [0.15, 0.2) is 0 Å². The van der Waals surface area contributed by atoms with Crippen molar-refractivity contribution in [3.63, 3.8) is 0 Å². The number of hydrogen-bond acceptors (Lipinski definition) is 4. The van der Waals surface area contributed by atoms with Crippen LogP contribution in [0.4, 0.5) is 4.79 Å². The van der Waals surface area contributed by atoms with Gasteiger partial charge in [0, 0.05) is 6.54 Å². The van der Waals surface area contributed by atoms with Gasteiger partial charge in [0.25, 0.3) is 11.1 Å². The predicted molar refractivity (Wildman–Crippen MR) is 137 cm³/mol. The number of amides is 2. The summed E-state index contributed by atoms with van der Waals surface area (Å²) in [5.74, 6) is 0.955. The van der Waals surface area contributed by atoms with Crippen LogP contribution in [0.3, 0.4) is 0 Å². The third-order valence-corrected chi connectivity index (χ3v) is 7.91. The first-order valence-corrected chi connectivity index (χ1v) is 13.2. The molecule has 0 bridgehead atoms. The van der Waals surface area contributed by atoms with Gasteiger partial charge >= 0.3 is 0 Å². The first-order chi connectivity index (χ1) is 15.4. The number of halogens is 2. The molecule has 2 aromatic rings. The van der Waals surface area contributed by atoms with E-state index in [0.29, 0.717) is 29.7 Å². The maximum absolute atomic E-state index is 12.9. The molecule has 168 valence electrons. The molecule has 0 unspecified atom stereocenters. The number of carbonyl (C=O) groups is 2. The molecular weight excluding hydrogens is 554 g/mol. The lowest BCUT2D eigenvalue weighted by molar-refractivity contribution is -0.123. The molecule has 1 saturated heterocycles. The maximum atomic E-state index is 12.9. The van der Waals surface area contributed by atoms with Crippen molar-refractivity contribution in [3.8, 4) is 5.75 Å². The summed E-state index contributed by atoms with van der Waals surface area (Å²) in [4.78, 5) is 27.3. The molecule has 4 nitrogen and oxygen atoms in total. The lowest BCUT2D eigenvalue weighted by Gasteiger charge is -2.25. The van der Waals surface area contributed by atoms with Crippen LogP contribution in [0.15, 0.2) is 50.2 Å². The van der Waals surface area contributed by atoms with Gasteiger partial charge in [-0.3, -0.25) is 14.5 Å². The second-order valence-electron chi connectivity index (χ2n) is 8.39. The molecule has 0 aromatic heterocycles. The van der Waals surface area contributed by atoms with Crippen LogP contribution in [0.25, 0.3) is 6.08 Å². The molecular formula is C25H25Br2NO3S. The highest BCUT2D eigenvalue weighted by atomic mass is 79.9. The number of ether oxygens (including phenoxy) is 1. The lowest BCUT2D eigenvalue weighted by atomic mass is 9.89. The number of nitrogens with zero attached hydrogens (tertiary/aromatic N) is 1. The molecule has 4 rings (SSSR count). The van der Waals surface area contributed by atoms with E-state index < -0.39 is 0 Å². The Morgan fingerprint density at radius 1 is 1.09 bits per heavy atom. The Morgan fingerprint density at radius 3 is 2.50 bits per heavy atom. The highest BCUT2D eigenvalue weighted by Gasteiger charge is 2.36. The van der Waals surface area contributed by atoms with E-state index in [1.165, 1.54) is 29.7 Å². The van der Waals surface area contributed by atoms with Crippen molar-refractivity contribution >= 4 is 60.8 Å². The molecule has 0 atom stereocenters. The molecule has 1 aliphatic carbocycles. The Bertz CT molecular complexity index is 1040. The lowest BCUT2D eigenvalue weighted by Crippen LogP contribution is -2.34. The van der Waals surface area contributed by atoms with Crippen LogP contribution in [-0.2, 0) is 11.4 Å². The van der Waals surface area contributed by atoms with E-state index in [1.54, 1.807) is 6.08 Å². The first-order valence-electron chi connectivity index (χ1n) is 10.8. The average molecular weight is 579 g/mol. The van der Waals surface area contributed by atoms with Crippen LogP contribution in [0, 0.1) is 12.8 Å². The standard InChI is InChI=1S/C25H25Br2NO3S/c1-16-6-5-9-18(10-16)15-31-23-20(26)11-19(12-21(23)27)13-22-24(29)28(25(30)32-22)14-17-7-3-2-4-8-17/h5-6,9-13,17H,2-4,7-8,14-15H2,1H3/b22-13+. The largest absolute Gasteiger partial charge is 0.487 e. The van der Waals surface area contributed by atoms with E-state index in [1.807, 2.05) is 24.3 Å². The van der Waals surface area contributed by atoms with Crippen LogP contribution >= 0.6 is 43.6 Å². The molecule has 1 saturated carbocycles. The molecule has 2 amide bonds. The van der Waals surface area contributed by atoms with Crippen LogP contribution in [-0.4, -0.2) is 22.6 Å². The van der Waals surface area contributed by atoms with Crippen molar-refractivity contribution in [2.75, 3.05) is 6.54 Å². The van der Waals surface area contributed by atoms with E-state index in [2.05, 4.69) is 50.9 Å². The summed E-state index contributed by atoms with van der Waals surface area (Å²) in [5.41, 5.74) is 3.12. The van der Waals surface area contributed by atoms with Crippen molar-refractivity contribution in [2.24, 2.45) is 5.92 Å². The van der Waals surface area contributed by atoms with E-state index in [9.17, 15) is 9.59 Å². The number of imide groups is 1. The second-order valence-corrected chi connectivity index (χ2v) is 11.1. The van der Waals surface area contributed by atoms with Crippen molar-refractivity contribution < 1.29 is 14.3 Å². The van der Waals surface area contributed by atoms with Gasteiger partial charge in [-0.05, 0) is 98.6 Å². The Morgan fingerprint density at radius 2 is 1.81 bits per heavy atom. The number of benzene rings is 2. The van der Waals surface area contributed by atoms with Crippen LogP contribution < -0.4 is 4.74 Å². The fourth-order valence-electron chi connectivity index (χ4n) is 4.19. The van der Waals surface area contributed by atoms with Gasteiger partial charge < -0.3 is 4.74 Å². The molecule has 2 aliphatic rings. The molecule has 1 aliphatic heterocycles. The van der Waals surface area contributed by atoms with Crippen LogP contribution in [0.2, 0.25) is 0 Å². The highest BCUT2D eigenvalue weighted by molar-refractivity contribution is 9.11. The van der Waals surface area contributed by atoms with Gasteiger partial charge in [-0.1, -0.05) is 49.1 Å². The number of aryl methyl sites for hydroxylation is 1. The topological polar surface area (TPSA) is 46.6 Å². The summed E-state index contributed by atoms with van der Waals surface area (Å²) < 4.78 is 7.59. The normalized spacial score (nSPS) is 18.6. The molecule has 2 fully saturated rings. The van der Waals surface area contributed by atoms with Gasteiger partial charge in [-0.2, -0.15) is 0 Å². The van der Waals surface area contributed by atoms with Gasteiger partial charge in [-0.25, -0.2) is 0 Å². The zero-order chi connectivity index (χ0) is 22.7. The summed E-state index contributed by atoms with van der Waals surface area (Å²) in [7, 11) is 0. The second kappa shape index (κ2) is 10.6. The summed E-state index contributed by atoms with van der Waals surface area (Å²) in [6, 6.07) is 12.0. The van der Waals surface area contributed by atoms with Crippen molar-refractivity contribution in [2.45, 2.75) is 45.6 Å². The summed E-state index contributed by atoms with van der Waals surface area (Å²) in [6.45, 7) is 3.06. The average Bonchev–Trinajstić information content (AvgIpc) is 3.01. The van der Waals surface area contributed by atoms with Crippen molar-refractivity contribution in [3.05, 3.63) is 66.9 Å². The van der Waals surface area contributed by atoms with E-state index in [4.69, 9.17) is 4.74 Å². The summed E-state index contributed by atoms with van der Waals surface area (Å²) in [6.07, 6.45) is 7.63. The molecule has 1 heterocycles. The molecule has 0 N–H and O–H groups in total. The molecule has 32 heavy (non-hydrogen) atoms. The van der Waals surface area contributed by atoms with Gasteiger partial charge in [-0.15, -0.1) is 0 Å². The fourth-order valence-corrected chi connectivity index (χ4v) is 6.49. The minimum atomic E-state index is -0.183. The summed E-state index contributed by atoms with van der Waals surface area (Å²) >= 11 is 8.20. The minimum absolute atomic E-state index is 0.164. The zero-order valence-corrected chi connectivity index (χ0v) is 21.9. The first kappa shape index (κ1) is 23.6.